The molecule has 162 valence electrons. The fraction of sp³-hybridized carbons (Fsp3) is 0.250. The number of carbonyl (C=O) groups excluding carboxylic acids is 1. The van der Waals surface area contributed by atoms with Gasteiger partial charge < -0.3 is 14.8 Å². The summed E-state index contributed by atoms with van der Waals surface area (Å²) < 4.78 is 2.36. The van der Waals surface area contributed by atoms with Gasteiger partial charge in [0, 0.05) is 41.9 Å². The maximum atomic E-state index is 12.9. The molecule has 0 atom stereocenters. The van der Waals surface area contributed by atoms with E-state index in [4.69, 9.17) is 0 Å². The highest BCUT2D eigenvalue weighted by atomic mass is 16.2. The molecule has 1 N–H and O–H groups in total. The average molecular weight is 424 g/mol. The third kappa shape index (κ3) is 4.06. The lowest BCUT2D eigenvalue weighted by Crippen LogP contribution is -2.26. The first-order valence-electron chi connectivity index (χ1n) is 11.4. The summed E-state index contributed by atoms with van der Waals surface area (Å²) in [5.41, 5.74) is 5.54. The molecular formula is C28H29N3O. The first-order chi connectivity index (χ1) is 15.7. The molecule has 0 spiro atoms. The minimum absolute atomic E-state index is 0.00218. The van der Waals surface area contributed by atoms with E-state index in [0.717, 1.165) is 25.3 Å². The molecule has 4 heteroatoms. The number of benzene rings is 3. The number of hydrogen-bond donors (Lipinski definition) is 1. The van der Waals surface area contributed by atoms with Crippen LogP contribution in [0.5, 0.6) is 0 Å². The molecule has 1 fully saturated rings. The van der Waals surface area contributed by atoms with Gasteiger partial charge >= 0.3 is 0 Å². The number of amides is 1. The smallest absolute Gasteiger partial charge is 0.258 e. The van der Waals surface area contributed by atoms with Gasteiger partial charge in [0.05, 0.1) is 0 Å². The highest BCUT2D eigenvalue weighted by Gasteiger charge is 2.20. The van der Waals surface area contributed by atoms with Gasteiger partial charge in [-0.2, -0.15) is 0 Å². The van der Waals surface area contributed by atoms with Gasteiger partial charge in [-0.1, -0.05) is 48.5 Å². The van der Waals surface area contributed by atoms with Gasteiger partial charge in [0.2, 0.25) is 0 Å². The van der Waals surface area contributed by atoms with Crippen LogP contribution >= 0.6 is 0 Å². The van der Waals surface area contributed by atoms with E-state index >= 15 is 0 Å². The molecule has 3 aromatic carbocycles. The van der Waals surface area contributed by atoms with Gasteiger partial charge in [-0.25, -0.2) is 0 Å². The van der Waals surface area contributed by atoms with E-state index in [1.54, 1.807) is 4.90 Å². The molecule has 1 amide bonds. The molecule has 1 saturated heterocycles. The van der Waals surface area contributed by atoms with Gasteiger partial charge in [0.1, 0.15) is 0 Å². The number of para-hydroxylation sites is 2. The summed E-state index contributed by atoms with van der Waals surface area (Å²) in [6, 6.07) is 26.5. The van der Waals surface area contributed by atoms with Crippen LogP contribution in [0.2, 0.25) is 0 Å². The molecule has 1 aromatic heterocycles. The van der Waals surface area contributed by atoms with E-state index in [-0.39, 0.29) is 5.91 Å². The fourth-order valence-corrected chi connectivity index (χ4v) is 4.78. The van der Waals surface area contributed by atoms with Crippen LogP contribution < -0.4 is 10.2 Å². The van der Waals surface area contributed by atoms with Crippen LogP contribution in [0, 0.1) is 0 Å². The first-order valence-corrected chi connectivity index (χ1v) is 11.4. The van der Waals surface area contributed by atoms with Crippen molar-refractivity contribution in [1.82, 2.24) is 9.88 Å². The minimum atomic E-state index is 0.00218. The van der Waals surface area contributed by atoms with Crippen molar-refractivity contribution >= 4 is 22.5 Å². The molecule has 32 heavy (non-hydrogen) atoms. The molecule has 0 bridgehead atoms. The molecule has 1 aliphatic rings. The van der Waals surface area contributed by atoms with Crippen molar-refractivity contribution in [2.24, 2.45) is 0 Å². The van der Waals surface area contributed by atoms with E-state index in [2.05, 4.69) is 52.5 Å². The van der Waals surface area contributed by atoms with Crippen LogP contribution in [0.25, 0.3) is 10.9 Å². The van der Waals surface area contributed by atoms with Crippen LogP contribution in [0.4, 0.5) is 5.69 Å². The number of aromatic nitrogens is 1. The third-order valence-corrected chi connectivity index (χ3v) is 6.60. The Kier molecular flexibility index (Phi) is 5.78. The van der Waals surface area contributed by atoms with Gasteiger partial charge in [-0.05, 0) is 73.3 Å². The Morgan fingerprint density at radius 3 is 2.38 bits per heavy atom. The number of fused-ring (bicyclic) bond motifs is 1. The first kappa shape index (κ1) is 20.5. The summed E-state index contributed by atoms with van der Waals surface area (Å²) in [5.74, 6) is 0.623. The third-order valence-electron chi connectivity index (χ3n) is 6.60. The number of nitrogens with zero attached hydrogens (tertiary/aromatic N) is 2. The lowest BCUT2D eigenvalue weighted by atomic mass is 9.90. The predicted octanol–water partition coefficient (Wildman–Crippen LogP) is 5.43. The van der Waals surface area contributed by atoms with Crippen molar-refractivity contribution in [1.29, 1.82) is 0 Å². The van der Waals surface area contributed by atoms with E-state index in [0.29, 0.717) is 11.5 Å². The Balaban J connectivity index is 1.37. The van der Waals surface area contributed by atoms with E-state index in [1.807, 2.05) is 49.5 Å². The maximum absolute atomic E-state index is 12.9. The molecule has 0 radical (unpaired) electrons. The van der Waals surface area contributed by atoms with Crippen molar-refractivity contribution in [3.8, 4) is 0 Å². The number of hydrogen-bond acceptors (Lipinski definition) is 2. The SMILES string of the molecule is CN(C(=O)c1ccc(Cn2cc(C3CCNCC3)c3ccccc32)cc1)c1ccccc1. The van der Waals surface area contributed by atoms with Crippen LogP contribution in [0.15, 0.2) is 85.1 Å². The summed E-state index contributed by atoms with van der Waals surface area (Å²) in [6.07, 6.45) is 4.74. The number of anilines is 1. The number of piperidine rings is 1. The van der Waals surface area contributed by atoms with E-state index in [9.17, 15) is 4.79 Å². The second kappa shape index (κ2) is 9.01. The molecule has 2 heterocycles. The second-order valence-electron chi connectivity index (χ2n) is 8.65. The fourth-order valence-electron chi connectivity index (χ4n) is 4.78. The zero-order chi connectivity index (χ0) is 21.9. The summed E-state index contributed by atoms with van der Waals surface area (Å²) in [7, 11) is 1.82. The standard InChI is InChI=1S/C28H29N3O/c1-30(24-7-3-2-4-8-24)28(32)23-13-11-21(12-14-23)19-31-20-26(22-15-17-29-18-16-22)25-9-5-6-10-27(25)31/h2-14,20,22,29H,15-19H2,1H3. The largest absolute Gasteiger partial charge is 0.343 e. The lowest BCUT2D eigenvalue weighted by molar-refractivity contribution is 0.0993. The highest BCUT2D eigenvalue weighted by Crippen LogP contribution is 2.33. The van der Waals surface area contributed by atoms with Gasteiger partial charge in [0.15, 0.2) is 0 Å². The van der Waals surface area contributed by atoms with Crippen molar-refractivity contribution in [3.05, 3.63) is 102 Å². The van der Waals surface area contributed by atoms with Crippen LogP contribution in [-0.2, 0) is 6.54 Å². The number of rotatable bonds is 5. The van der Waals surface area contributed by atoms with E-state index < -0.39 is 0 Å². The summed E-state index contributed by atoms with van der Waals surface area (Å²) in [6.45, 7) is 2.99. The van der Waals surface area contributed by atoms with Gasteiger partial charge in [0.25, 0.3) is 5.91 Å². The Labute approximate surface area is 189 Å². The van der Waals surface area contributed by atoms with Crippen molar-refractivity contribution < 1.29 is 4.79 Å². The van der Waals surface area contributed by atoms with Crippen LogP contribution in [0.1, 0.15) is 40.2 Å². The van der Waals surface area contributed by atoms with E-state index in [1.165, 1.54) is 34.9 Å². The van der Waals surface area contributed by atoms with Crippen molar-refractivity contribution in [2.45, 2.75) is 25.3 Å². The molecule has 4 aromatic rings. The van der Waals surface area contributed by atoms with Gasteiger partial charge in [-0.3, -0.25) is 4.79 Å². The molecule has 0 unspecified atom stereocenters. The molecular weight excluding hydrogens is 394 g/mol. The van der Waals surface area contributed by atoms with Crippen LogP contribution in [-0.4, -0.2) is 30.6 Å². The molecule has 5 rings (SSSR count). The Hall–Kier alpha value is -3.37. The zero-order valence-corrected chi connectivity index (χ0v) is 18.5. The number of carbonyl (C=O) groups is 1. The normalized spacial score (nSPS) is 14.5. The summed E-state index contributed by atoms with van der Waals surface area (Å²) in [4.78, 5) is 14.6. The molecule has 0 aliphatic carbocycles. The predicted molar refractivity (Wildman–Crippen MR) is 132 cm³/mol. The quantitative estimate of drug-likeness (QED) is 0.465. The number of nitrogens with one attached hydrogen (secondary N) is 1. The highest BCUT2D eigenvalue weighted by molar-refractivity contribution is 6.05. The Bertz CT molecular complexity index is 1200. The zero-order valence-electron chi connectivity index (χ0n) is 18.5. The second-order valence-corrected chi connectivity index (χ2v) is 8.65. The van der Waals surface area contributed by atoms with Crippen molar-refractivity contribution in [3.63, 3.8) is 0 Å². The summed E-state index contributed by atoms with van der Waals surface area (Å²) >= 11 is 0. The topological polar surface area (TPSA) is 37.3 Å². The van der Waals surface area contributed by atoms with Crippen LogP contribution in [0.3, 0.4) is 0 Å². The maximum Gasteiger partial charge on any atom is 0.258 e. The lowest BCUT2D eigenvalue weighted by Gasteiger charge is -2.22. The molecule has 0 saturated carbocycles. The molecule has 1 aliphatic heterocycles. The Morgan fingerprint density at radius 2 is 1.62 bits per heavy atom. The summed E-state index contributed by atoms with van der Waals surface area (Å²) in [5, 5.41) is 4.85. The van der Waals surface area contributed by atoms with Gasteiger partial charge in [-0.15, -0.1) is 0 Å². The van der Waals surface area contributed by atoms with Crippen molar-refractivity contribution in [2.75, 3.05) is 25.0 Å². The average Bonchev–Trinajstić information content (AvgIpc) is 3.23. The Morgan fingerprint density at radius 1 is 0.938 bits per heavy atom. The monoisotopic (exact) mass is 423 g/mol. The minimum Gasteiger partial charge on any atom is -0.343 e. The molecule has 4 nitrogen and oxygen atoms in total.